The highest BCUT2D eigenvalue weighted by atomic mass is 35.5. The number of carbonyl (C=O) groups is 4. The standard InChI is InChI=1S/2C35H42ClN3O6/c1-38(2)25-10-13-28-31(22-25)45-32-23-26(39(3)4)11-14-29(32)33(28)30-21-24(9-12-27(30)35(41)42)34(40)37-16-18-44-20-19-43-17-8-6-5-7-15-36;1-38(2)25-10-13-28-31(22-25)45-32-23-26(39(3)4)11-14-29(32)33(28)27-12-9-24(21-30(27)35(41)42)34(40)37-16-18-44-20-19-43-17-8-6-5-7-15-36/h2*9-14,21-23H,5-8,15-20H2,1-4H3,(H-,37,40,41,42)/p+1. The molecule has 3 N–H and O–H groups in total. The quantitative estimate of drug-likeness (QED) is 0.0155. The van der Waals surface area contributed by atoms with Crippen LogP contribution < -0.4 is 45.4 Å². The number of halogens is 2. The second kappa shape index (κ2) is 34.9. The molecule has 480 valence electrons. The van der Waals surface area contributed by atoms with Gasteiger partial charge in [0.25, 0.3) is 11.8 Å². The molecule has 0 radical (unpaired) electrons. The van der Waals surface area contributed by atoms with Gasteiger partial charge in [-0.05, 0) is 104 Å². The minimum absolute atomic E-state index is 0.0825. The van der Waals surface area contributed by atoms with Crippen molar-refractivity contribution in [3.05, 3.63) is 142 Å². The Hall–Kier alpha value is -7.84. The van der Waals surface area contributed by atoms with Gasteiger partial charge in [0.1, 0.15) is 50.9 Å². The van der Waals surface area contributed by atoms with Gasteiger partial charge in [-0.1, -0.05) is 31.7 Å². The van der Waals surface area contributed by atoms with E-state index in [1.165, 1.54) is 18.2 Å². The number of hydrogen-bond donors (Lipinski definition) is 3. The van der Waals surface area contributed by atoms with Crippen molar-refractivity contribution in [1.29, 1.82) is 0 Å². The van der Waals surface area contributed by atoms with Crippen LogP contribution in [0.3, 0.4) is 0 Å². The van der Waals surface area contributed by atoms with Crippen molar-refractivity contribution in [3.63, 3.8) is 0 Å². The topological polar surface area (TPSA) is 211 Å². The number of nitrogens with zero attached hydrogens (tertiary/aromatic N) is 4. The highest BCUT2D eigenvalue weighted by Gasteiger charge is 2.25. The highest BCUT2D eigenvalue weighted by molar-refractivity contribution is 6.18. The number of rotatable bonds is 32. The summed E-state index contributed by atoms with van der Waals surface area (Å²) in [7, 11) is 15.6. The number of nitrogens with one attached hydrogen (secondary N) is 2. The van der Waals surface area contributed by atoms with Gasteiger partial charge in [-0.3, -0.25) is 9.59 Å². The molecular formula is C70H85Cl2N6O12+. The van der Waals surface area contributed by atoms with Gasteiger partial charge < -0.3 is 63.2 Å². The van der Waals surface area contributed by atoms with Crippen LogP contribution in [0.4, 0.5) is 11.4 Å². The van der Waals surface area contributed by atoms with Gasteiger partial charge in [-0.2, -0.15) is 0 Å². The molecular weight excluding hydrogens is 1190 g/mol. The molecule has 20 heteroatoms. The largest absolute Gasteiger partial charge is 0.545 e. The molecule has 4 aliphatic rings. The first-order valence-electron chi connectivity index (χ1n) is 30.5. The van der Waals surface area contributed by atoms with E-state index >= 15 is 0 Å². The van der Waals surface area contributed by atoms with Crippen LogP contribution in [0.1, 0.15) is 92.8 Å². The molecule has 0 unspecified atom stereocenters. The molecule has 2 aliphatic carbocycles. The fraction of sp³-hybridized carbons (Fsp3) is 0.400. The maximum absolute atomic E-state index is 13.2. The minimum Gasteiger partial charge on any atom is -0.545 e. The maximum Gasteiger partial charge on any atom is 0.336 e. The van der Waals surface area contributed by atoms with E-state index in [9.17, 15) is 29.4 Å². The van der Waals surface area contributed by atoms with Crippen LogP contribution in [-0.4, -0.2) is 163 Å². The molecule has 0 aromatic heterocycles. The Morgan fingerprint density at radius 2 is 0.900 bits per heavy atom. The van der Waals surface area contributed by atoms with Gasteiger partial charge in [0.2, 0.25) is 10.7 Å². The third-order valence-electron chi connectivity index (χ3n) is 15.1. The summed E-state index contributed by atoms with van der Waals surface area (Å²) in [4.78, 5) is 55.0. The summed E-state index contributed by atoms with van der Waals surface area (Å²) < 4.78 is 39.0. The van der Waals surface area contributed by atoms with E-state index in [2.05, 4.69) is 10.6 Å². The molecule has 0 saturated carbocycles. The van der Waals surface area contributed by atoms with Gasteiger partial charge in [-0.15, -0.1) is 23.2 Å². The van der Waals surface area contributed by atoms with Crippen LogP contribution >= 0.6 is 23.2 Å². The smallest absolute Gasteiger partial charge is 0.336 e. The predicted octanol–water partition coefficient (Wildman–Crippen LogP) is 9.79. The number of anilines is 2. The van der Waals surface area contributed by atoms with Crippen molar-refractivity contribution in [3.8, 4) is 44.9 Å². The van der Waals surface area contributed by atoms with Crippen molar-refractivity contribution >= 4 is 80.3 Å². The zero-order valence-corrected chi connectivity index (χ0v) is 54.5. The van der Waals surface area contributed by atoms with Gasteiger partial charge >= 0.3 is 5.97 Å². The fourth-order valence-electron chi connectivity index (χ4n) is 10.2. The summed E-state index contributed by atoms with van der Waals surface area (Å²) in [5, 5.41) is 31.7. The Balaban J connectivity index is 0.000000256. The Bertz CT molecular complexity index is 3810. The average molecular weight is 1270 g/mol. The molecule has 18 nitrogen and oxygen atoms in total. The number of ether oxygens (including phenoxy) is 4. The third-order valence-corrected chi connectivity index (χ3v) is 15.7. The van der Waals surface area contributed by atoms with Crippen LogP contribution in [0.5, 0.6) is 0 Å². The number of benzene rings is 6. The van der Waals surface area contributed by atoms with Crippen LogP contribution in [0.25, 0.3) is 66.8 Å². The normalized spacial score (nSPS) is 11.2. The number of unbranched alkanes of at least 4 members (excludes halogenated alkanes) is 6. The molecule has 0 atom stereocenters. The second-order valence-electron chi connectivity index (χ2n) is 22.5. The number of carboxylic acid groups (broad SMARTS) is 2. The molecule has 8 rings (SSSR count). The number of carbonyl (C=O) groups excluding carboxylic acids is 3. The van der Waals surface area contributed by atoms with Gasteiger partial charge in [0.15, 0.2) is 0 Å². The fourth-order valence-corrected chi connectivity index (χ4v) is 10.6. The summed E-state index contributed by atoms with van der Waals surface area (Å²) in [6.45, 7) is 4.48. The maximum atomic E-state index is 13.2. The molecule has 4 aromatic carbocycles. The molecule has 2 amide bonds. The molecule has 0 spiro atoms. The third kappa shape index (κ3) is 19.1. The SMILES string of the molecule is CN(C)c1ccc2c(-c3cc(C(=O)NCCOCCOCCCCCCCl)ccc3C(=O)O)c3ccc(=[N+](C)C)cc-3oc2c1.CN(C)c1ccc2c(-c3ccc(C(=O)NCCOCCOCCCCCCCl)cc3C(=O)[O-])c3ccc(=[N+](C)C)cc-3oc2c1. The van der Waals surface area contributed by atoms with Gasteiger partial charge in [0.05, 0.1) is 63.3 Å². The number of carboxylic acids is 2. The Morgan fingerprint density at radius 1 is 0.478 bits per heavy atom. The summed E-state index contributed by atoms with van der Waals surface area (Å²) >= 11 is 11.4. The predicted molar refractivity (Wildman–Crippen MR) is 357 cm³/mol. The van der Waals surface area contributed by atoms with Crippen LogP contribution in [0.2, 0.25) is 0 Å². The Morgan fingerprint density at radius 3 is 1.33 bits per heavy atom. The molecule has 0 fully saturated rings. The van der Waals surface area contributed by atoms with E-state index < -0.39 is 17.8 Å². The lowest BCUT2D eigenvalue weighted by Gasteiger charge is -2.20. The molecule has 90 heavy (non-hydrogen) atoms. The monoisotopic (exact) mass is 1270 g/mol. The molecule has 0 saturated heterocycles. The summed E-state index contributed by atoms with van der Waals surface area (Å²) in [5.74, 6) is -0.553. The molecule has 2 heterocycles. The number of amides is 2. The first kappa shape index (κ1) is 69.6. The van der Waals surface area contributed by atoms with Crippen LogP contribution in [-0.2, 0) is 18.9 Å². The first-order valence-corrected chi connectivity index (χ1v) is 31.6. The van der Waals surface area contributed by atoms with Crippen LogP contribution in [0, 0.1) is 0 Å². The minimum atomic E-state index is -1.38. The van der Waals surface area contributed by atoms with Crippen molar-refractivity contribution in [1.82, 2.24) is 19.8 Å². The van der Waals surface area contributed by atoms with Crippen LogP contribution in [0.15, 0.2) is 118 Å². The van der Waals surface area contributed by atoms with E-state index in [1.54, 1.807) is 18.2 Å². The van der Waals surface area contributed by atoms with Crippen molar-refractivity contribution < 1.29 is 57.2 Å². The van der Waals surface area contributed by atoms with E-state index in [4.69, 9.17) is 51.0 Å². The van der Waals surface area contributed by atoms with E-state index in [0.717, 1.165) is 95.4 Å². The zero-order valence-electron chi connectivity index (χ0n) is 53.0. The number of hydrogen-bond acceptors (Lipinski definition) is 13. The first-order chi connectivity index (χ1) is 43.4. The zero-order chi connectivity index (χ0) is 64.7. The Labute approximate surface area is 536 Å². The lowest BCUT2D eigenvalue weighted by atomic mass is 9.89. The summed E-state index contributed by atoms with van der Waals surface area (Å²) in [6.07, 6.45) is 8.51. The average Bonchev–Trinajstić information content (AvgIpc) is 0.782. The number of aromatic carboxylic acids is 2. The van der Waals surface area contributed by atoms with E-state index in [1.807, 2.05) is 148 Å². The highest BCUT2D eigenvalue weighted by Crippen LogP contribution is 2.44. The second-order valence-corrected chi connectivity index (χ2v) is 23.3. The molecule has 0 bridgehead atoms. The van der Waals surface area contributed by atoms with Crippen molar-refractivity contribution in [2.75, 3.05) is 144 Å². The Kier molecular flexibility index (Phi) is 27.0. The van der Waals surface area contributed by atoms with E-state index in [0.29, 0.717) is 122 Å². The van der Waals surface area contributed by atoms with Gasteiger partial charge in [-0.25, -0.2) is 13.9 Å². The number of alkyl halides is 2. The number of fused-ring (bicyclic) bond motifs is 4. The van der Waals surface area contributed by atoms with Gasteiger partial charge in [0, 0.05) is 152 Å². The molecule has 4 aromatic rings. The lowest BCUT2D eigenvalue weighted by molar-refractivity contribution is -0.255. The lowest BCUT2D eigenvalue weighted by Crippen LogP contribution is -2.29. The summed E-state index contributed by atoms with van der Waals surface area (Å²) in [5.41, 5.74) is 7.44. The van der Waals surface area contributed by atoms with Crippen molar-refractivity contribution in [2.45, 2.75) is 51.4 Å². The van der Waals surface area contributed by atoms with E-state index in [-0.39, 0.29) is 29.1 Å². The summed E-state index contributed by atoms with van der Waals surface area (Å²) in [6, 6.07) is 32.6. The molecule has 2 aliphatic heterocycles. The van der Waals surface area contributed by atoms with Crippen molar-refractivity contribution in [2.24, 2.45) is 0 Å².